The van der Waals surface area contributed by atoms with Crippen LogP contribution in [0.25, 0.3) is 16.6 Å². The van der Waals surface area contributed by atoms with Crippen molar-refractivity contribution in [1.29, 1.82) is 0 Å². The molecule has 174 valence electrons. The zero-order valence-electron chi connectivity index (χ0n) is 19.0. The van der Waals surface area contributed by atoms with Gasteiger partial charge in [-0.15, -0.1) is 0 Å². The fourth-order valence-electron chi connectivity index (χ4n) is 3.98. The van der Waals surface area contributed by atoms with Gasteiger partial charge in [0.25, 0.3) is 0 Å². The first-order chi connectivity index (χ1) is 16.2. The number of carbonyl (C=O) groups excluding carboxylic acids is 1. The van der Waals surface area contributed by atoms with E-state index in [9.17, 15) is 14.7 Å². The minimum absolute atomic E-state index is 0.146. The average Bonchev–Trinajstić information content (AvgIpc) is 3.17. The molecular weight excluding hydrogens is 456 g/mol. The Morgan fingerprint density at radius 2 is 2.03 bits per heavy atom. The number of guanidine groups is 1. The van der Waals surface area contributed by atoms with Crippen LogP contribution in [0.15, 0.2) is 47.5 Å². The third-order valence-electron chi connectivity index (χ3n) is 5.55. The number of hydrogen-bond acceptors (Lipinski definition) is 7. The average molecular weight is 479 g/mol. The van der Waals surface area contributed by atoms with E-state index in [-0.39, 0.29) is 17.7 Å². The molecule has 0 saturated heterocycles. The molecule has 1 atom stereocenters. The van der Waals surface area contributed by atoms with Crippen LogP contribution in [0.1, 0.15) is 49.2 Å². The second-order valence-corrected chi connectivity index (χ2v) is 8.71. The first kappa shape index (κ1) is 23.2. The van der Waals surface area contributed by atoms with Crippen LogP contribution in [0.2, 0.25) is 5.02 Å². The largest absolute Gasteiger partial charge is 0.464 e. The monoisotopic (exact) mass is 478 g/mol. The minimum atomic E-state index is -1.12. The van der Waals surface area contributed by atoms with Gasteiger partial charge in [0, 0.05) is 41.6 Å². The van der Waals surface area contributed by atoms with Crippen LogP contribution in [0.3, 0.4) is 0 Å². The Morgan fingerprint density at radius 1 is 1.26 bits per heavy atom. The van der Waals surface area contributed by atoms with Gasteiger partial charge in [0.2, 0.25) is 5.96 Å². The number of carbonyl (C=O) groups is 1. The molecule has 34 heavy (non-hydrogen) atoms. The number of aliphatic imine (C=N–C) groups is 1. The van der Waals surface area contributed by atoms with Crippen LogP contribution < -0.4 is 10.6 Å². The van der Waals surface area contributed by atoms with E-state index >= 15 is 0 Å². The van der Waals surface area contributed by atoms with Crippen LogP contribution in [-0.2, 0) is 4.79 Å². The Labute approximate surface area is 200 Å². The zero-order chi connectivity index (χ0) is 24.6. The van der Waals surface area contributed by atoms with E-state index in [2.05, 4.69) is 20.6 Å². The van der Waals surface area contributed by atoms with E-state index in [0.29, 0.717) is 33.3 Å². The highest BCUT2D eigenvalue weighted by atomic mass is 35.5. The molecule has 10 heteroatoms. The van der Waals surface area contributed by atoms with E-state index in [1.165, 1.54) is 6.20 Å². The number of hydrogen-bond donors (Lipinski definition) is 3. The molecule has 0 radical (unpaired) electrons. The fourth-order valence-corrected chi connectivity index (χ4v) is 4.14. The summed E-state index contributed by atoms with van der Waals surface area (Å²) in [6, 6.07) is 5.58. The van der Waals surface area contributed by atoms with E-state index in [1.54, 1.807) is 18.5 Å². The lowest BCUT2D eigenvalue weighted by molar-refractivity contribution is 0.197. The molecule has 0 saturated carbocycles. The molecule has 3 N–H and O–H groups in total. The molecule has 0 aromatic carbocycles. The lowest BCUT2D eigenvalue weighted by Crippen LogP contribution is -2.42. The van der Waals surface area contributed by atoms with Gasteiger partial charge in [-0.1, -0.05) is 24.6 Å². The molecule has 3 aromatic heterocycles. The smallest absolute Gasteiger partial charge is 0.417 e. The van der Waals surface area contributed by atoms with Crippen molar-refractivity contribution < 1.29 is 14.7 Å². The number of nitrogens with zero attached hydrogens (tertiary/aromatic N) is 4. The standard InChI is InChI=1S/C24H23ClN6O3/c1-12(2)28-23-27-9-18(21(11-32)30-23)20-6-5-16(14(4)29-20)13(3)19-10-31(24(33)34)22-17(19)7-15(25)8-26-22/h5-10,12-13H,1-4H3,(H,33,34)(H2,27,28,30). The summed E-state index contributed by atoms with van der Waals surface area (Å²) in [7, 11) is 0. The second-order valence-electron chi connectivity index (χ2n) is 8.28. The number of fused-ring (bicyclic) bond motifs is 1. The quantitative estimate of drug-likeness (QED) is 0.483. The number of nitrogens with one attached hydrogen (secondary N) is 2. The number of pyridine rings is 2. The third-order valence-corrected chi connectivity index (χ3v) is 5.75. The van der Waals surface area contributed by atoms with Crippen LogP contribution in [0.5, 0.6) is 0 Å². The van der Waals surface area contributed by atoms with Crippen molar-refractivity contribution in [1.82, 2.24) is 25.2 Å². The number of aromatic nitrogens is 3. The summed E-state index contributed by atoms with van der Waals surface area (Å²) in [6.45, 7) is 7.78. The van der Waals surface area contributed by atoms with Crippen molar-refractivity contribution in [2.75, 3.05) is 0 Å². The van der Waals surface area contributed by atoms with E-state index in [0.717, 1.165) is 21.4 Å². The normalized spacial score (nSPS) is 14.4. The maximum atomic E-state index is 11.7. The van der Waals surface area contributed by atoms with Crippen molar-refractivity contribution in [3.05, 3.63) is 70.0 Å². The molecule has 0 fully saturated rings. The third kappa shape index (κ3) is 4.31. The molecule has 0 amide bonds. The van der Waals surface area contributed by atoms with Crippen molar-refractivity contribution in [3.63, 3.8) is 0 Å². The van der Waals surface area contributed by atoms with Gasteiger partial charge in [0.1, 0.15) is 11.3 Å². The highest BCUT2D eigenvalue weighted by Gasteiger charge is 2.23. The molecule has 0 spiro atoms. The lowest BCUT2D eigenvalue weighted by Gasteiger charge is -2.20. The number of halogens is 1. The number of rotatable bonds is 4. The van der Waals surface area contributed by atoms with Crippen molar-refractivity contribution >= 4 is 46.2 Å². The summed E-state index contributed by atoms with van der Waals surface area (Å²) in [5.41, 5.74) is 4.08. The van der Waals surface area contributed by atoms with Crippen LogP contribution in [-0.4, -0.2) is 43.7 Å². The van der Waals surface area contributed by atoms with Gasteiger partial charge in [0.15, 0.2) is 5.94 Å². The van der Waals surface area contributed by atoms with Gasteiger partial charge < -0.3 is 15.7 Å². The van der Waals surface area contributed by atoms with Crippen molar-refractivity contribution in [2.45, 2.75) is 39.7 Å². The zero-order valence-corrected chi connectivity index (χ0v) is 19.8. The summed E-state index contributed by atoms with van der Waals surface area (Å²) in [5.74, 6) is 2.21. The van der Waals surface area contributed by atoms with Gasteiger partial charge in [-0.05, 0) is 44.0 Å². The van der Waals surface area contributed by atoms with Crippen LogP contribution in [0.4, 0.5) is 4.79 Å². The number of allylic oxidation sites excluding steroid dienone is 1. The van der Waals surface area contributed by atoms with Gasteiger partial charge in [-0.3, -0.25) is 4.98 Å². The van der Waals surface area contributed by atoms with Gasteiger partial charge >= 0.3 is 6.09 Å². The molecule has 4 rings (SSSR count). The Balaban J connectivity index is 1.73. The predicted octanol–water partition coefficient (Wildman–Crippen LogP) is 4.08. The second kappa shape index (κ2) is 9.13. The van der Waals surface area contributed by atoms with Crippen molar-refractivity contribution in [3.8, 4) is 0 Å². The molecule has 1 aliphatic heterocycles. The Hall–Kier alpha value is -3.94. The molecular formula is C24H23ClN6O3. The van der Waals surface area contributed by atoms with Gasteiger partial charge in [-0.2, -0.15) is 0 Å². The first-order valence-electron chi connectivity index (χ1n) is 10.6. The molecule has 4 heterocycles. The van der Waals surface area contributed by atoms with Crippen LogP contribution >= 0.6 is 11.6 Å². The highest BCUT2D eigenvalue weighted by molar-refractivity contribution is 6.31. The summed E-state index contributed by atoms with van der Waals surface area (Å²) in [4.78, 5) is 36.5. The van der Waals surface area contributed by atoms with Gasteiger partial charge in [0.05, 0.1) is 16.3 Å². The summed E-state index contributed by atoms with van der Waals surface area (Å²) in [6.07, 6.45) is 3.45. The van der Waals surface area contributed by atoms with Crippen LogP contribution in [0, 0.1) is 6.92 Å². The Bertz CT molecular complexity index is 1420. The number of aryl methyl sites for hydroxylation is 1. The van der Waals surface area contributed by atoms with E-state index in [4.69, 9.17) is 16.6 Å². The molecule has 1 aliphatic rings. The van der Waals surface area contributed by atoms with E-state index in [1.807, 2.05) is 45.8 Å². The minimum Gasteiger partial charge on any atom is -0.464 e. The molecule has 0 bridgehead atoms. The van der Waals surface area contributed by atoms with Crippen molar-refractivity contribution in [2.24, 2.45) is 4.99 Å². The van der Waals surface area contributed by atoms with E-state index < -0.39 is 6.09 Å². The molecule has 3 aromatic rings. The fraction of sp³-hybridized carbons (Fsp3) is 0.250. The maximum absolute atomic E-state index is 11.7. The predicted molar refractivity (Wildman–Crippen MR) is 131 cm³/mol. The summed E-state index contributed by atoms with van der Waals surface area (Å²) >= 11 is 6.14. The molecule has 1 unspecified atom stereocenters. The molecule has 9 nitrogen and oxygen atoms in total. The highest BCUT2D eigenvalue weighted by Crippen LogP contribution is 2.34. The summed E-state index contributed by atoms with van der Waals surface area (Å²) < 4.78 is 1.09. The maximum Gasteiger partial charge on any atom is 0.417 e. The Morgan fingerprint density at radius 3 is 2.68 bits per heavy atom. The lowest BCUT2D eigenvalue weighted by atomic mass is 9.91. The topological polar surface area (TPSA) is 122 Å². The Kier molecular flexibility index (Phi) is 6.24. The van der Waals surface area contributed by atoms with Gasteiger partial charge in [-0.25, -0.2) is 24.1 Å². The summed E-state index contributed by atoms with van der Waals surface area (Å²) in [5, 5.41) is 16.7. The molecule has 0 aliphatic carbocycles. The number of carboxylic acid groups (broad SMARTS) is 1. The SMILES string of the molecule is Cc1nc(C2=CN=C(NC(C)C)NC2=C=O)ccc1C(C)c1cn(C(=O)O)c2ncc(Cl)cc12. The first-order valence-corrected chi connectivity index (χ1v) is 11.0.